The van der Waals surface area contributed by atoms with Crippen LogP contribution in [-0.2, 0) is 0 Å². The van der Waals surface area contributed by atoms with Crippen LogP contribution in [0.4, 0.5) is 5.69 Å². The van der Waals surface area contributed by atoms with Gasteiger partial charge in [0, 0.05) is 21.8 Å². The molecule has 0 radical (unpaired) electrons. The minimum absolute atomic E-state index is 0.0154. The summed E-state index contributed by atoms with van der Waals surface area (Å²) in [4.78, 5) is 12.1. The van der Waals surface area contributed by atoms with Gasteiger partial charge in [0.25, 0.3) is 5.91 Å². The minimum atomic E-state index is -0.0154. The second-order valence-corrected chi connectivity index (χ2v) is 6.67. The van der Waals surface area contributed by atoms with Gasteiger partial charge in [0.15, 0.2) is 0 Å². The number of hydrogen-bond donors (Lipinski definition) is 2. The zero-order valence-corrected chi connectivity index (χ0v) is 12.4. The molecule has 4 heteroatoms. The monoisotopic (exact) mass is 310 g/mol. The average Bonchev–Trinajstić information content (AvgIpc) is 2.62. The van der Waals surface area contributed by atoms with E-state index >= 15 is 0 Å². The fourth-order valence-corrected chi connectivity index (χ4v) is 2.88. The number of benzene rings is 1. The lowest BCUT2D eigenvalue weighted by molar-refractivity contribution is 0.0936. The number of nitrogens with one attached hydrogen (secondary N) is 1. The minimum Gasteiger partial charge on any atom is -0.398 e. The fraction of sp³-hybridized carbons (Fsp3) is 0.500. The molecule has 98 valence electrons. The number of amides is 1. The Bertz CT molecular complexity index is 471. The SMILES string of the molecule is CC1(C)CCC(NC(=O)c2ccc(N)c(Br)c2)C1. The highest BCUT2D eigenvalue weighted by atomic mass is 79.9. The van der Waals surface area contributed by atoms with Crippen LogP contribution in [0.1, 0.15) is 43.5 Å². The summed E-state index contributed by atoms with van der Waals surface area (Å²) in [5, 5.41) is 3.10. The summed E-state index contributed by atoms with van der Waals surface area (Å²) >= 11 is 3.34. The van der Waals surface area contributed by atoms with Crippen LogP contribution >= 0.6 is 15.9 Å². The van der Waals surface area contributed by atoms with E-state index in [9.17, 15) is 4.79 Å². The van der Waals surface area contributed by atoms with Crippen LogP contribution in [0.3, 0.4) is 0 Å². The van der Waals surface area contributed by atoms with Crippen molar-refractivity contribution in [3.8, 4) is 0 Å². The van der Waals surface area contributed by atoms with E-state index in [0.29, 0.717) is 22.7 Å². The van der Waals surface area contributed by atoms with Crippen LogP contribution in [-0.4, -0.2) is 11.9 Å². The zero-order valence-electron chi connectivity index (χ0n) is 10.8. The van der Waals surface area contributed by atoms with Gasteiger partial charge in [-0.15, -0.1) is 0 Å². The van der Waals surface area contributed by atoms with Gasteiger partial charge in [-0.1, -0.05) is 13.8 Å². The van der Waals surface area contributed by atoms with Crippen molar-refractivity contribution in [1.29, 1.82) is 0 Å². The van der Waals surface area contributed by atoms with Gasteiger partial charge in [-0.2, -0.15) is 0 Å². The van der Waals surface area contributed by atoms with E-state index in [1.807, 2.05) is 0 Å². The Morgan fingerprint density at radius 2 is 2.22 bits per heavy atom. The van der Waals surface area contributed by atoms with Crippen LogP contribution in [0, 0.1) is 5.41 Å². The Kier molecular flexibility index (Phi) is 3.66. The Morgan fingerprint density at radius 3 is 2.78 bits per heavy atom. The van der Waals surface area contributed by atoms with Gasteiger partial charge in [0.05, 0.1) is 0 Å². The first-order valence-corrected chi connectivity index (χ1v) is 7.03. The third kappa shape index (κ3) is 3.05. The lowest BCUT2D eigenvalue weighted by Gasteiger charge is -2.18. The molecule has 0 aliphatic heterocycles. The molecule has 1 aromatic carbocycles. The smallest absolute Gasteiger partial charge is 0.251 e. The highest BCUT2D eigenvalue weighted by Crippen LogP contribution is 2.37. The predicted molar refractivity (Wildman–Crippen MR) is 77.4 cm³/mol. The van der Waals surface area contributed by atoms with Gasteiger partial charge in [0.1, 0.15) is 0 Å². The molecule has 0 bridgehead atoms. The quantitative estimate of drug-likeness (QED) is 0.823. The molecule has 1 atom stereocenters. The van der Waals surface area contributed by atoms with Crippen molar-refractivity contribution in [3.63, 3.8) is 0 Å². The maximum absolute atomic E-state index is 12.1. The molecule has 3 nitrogen and oxygen atoms in total. The second kappa shape index (κ2) is 4.92. The van der Waals surface area contributed by atoms with Gasteiger partial charge >= 0.3 is 0 Å². The van der Waals surface area contributed by atoms with Gasteiger partial charge in [0.2, 0.25) is 0 Å². The van der Waals surface area contributed by atoms with Gasteiger partial charge in [-0.25, -0.2) is 0 Å². The van der Waals surface area contributed by atoms with Crippen molar-refractivity contribution in [1.82, 2.24) is 5.32 Å². The zero-order chi connectivity index (χ0) is 13.3. The van der Waals surface area contributed by atoms with Crippen molar-refractivity contribution in [2.75, 3.05) is 5.73 Å². The third-order valence-corrected chi connectivity index (χ3v) is 4.25. The predicted octanol–water partition coefficient (Wildman–Crippen LogP) is 3.34. The average molecular weight is 311 g/mol. The maximum atomic E-state index is 12.1. The molecule has 1 aliphatic rings. The first-order chi connectivity index (χ1) is 8.37. The van der Waals surface area contributed by atoms with E-state index in [2.05, 4.69) is 35.1 Å². The summed E-state index contributed by atoms with van der Waals surface area (Å²) in [5.74, 6) is -0.0154. The van der Waals surface area contributed by atoms with Gasteiger partial charge in [-0.05, 0) is 58.8 Å². The number of anilines is 1. The lowest BCUT2D eigenvalue weighted by Crippen LogP contribution is -2.33. The number of nitrogen functional groups attached to an aromatic ring is 1. The number of nitrogens with two attached hydrogens (primary N) is 1. The van der Waals surface area contributed by atoms with Crippen LogP contribution in [0.15, 0.2) is 22.7 Å². The van der Waals surface area contributed by atoms with E-state index in [0.717, 1.165) is 17.3 Å². The number of halogens is 1. The fourth-order valence-electron chi connectivity index (χ4n) is 2.50. The Hall–Kier alpha value is -1.03. The standard InChI is InChI=1S/C14H19BrN2O/c1-14(2)6-5-10(8-14)17-13(18)9-3-4-12(16)11(15)7-9/h3-4,7,10H,5-6,8,16H2,1-2H3,(H,17,18). The molecule has 3 N–H and O–H groups in total. The van der Waals surface area contributed by atoms with E-state index < -0.39 is 0 Å². The molecule has 1 fully saturated rings. The molecular weight excluding hydrogens is 292 g/mol. The summed E-state index contributed by atoms with van der Waals surface area (Å²) in [5.41, 5.74) is 7.36. The maximum Gasteiger partial charge on any atom is 0.251 e. The van der Waals surface area contributed by atoms with Crippen LogP contribution in [0.25, 0.3) is 0 Å². The van der Waals surface area contributed by atoms with Crippen LogP contribution in [0.5, 0.6) is 0 Å². The number of carbonyl (C=O) groups is 1. The molecule has 2 rings (SSSR count). The van der Waals surface area contributed by atoms with Crippen molar-refractivity contribution < 1.29 is 4.79 Å². The molecule has 0 heterocycles. The summed E-state index contributed by atoms with van der Waals surface area (Å²) in [6.45, 7) is 4.50. The van der Waals surface area contributed by atoms with E-state index in [1.165, 1.54) is 6.42 Å². The number of rotatable bonds is 2. The highest BCUT2D eigenvalue weighted by molar-refractivity contribution is 9.10. The Labute approximate surface area is 116 Å². The lowest BCUT2D eigenvalue weighted by atomic mass is 9.92. The van der Waals surface area contributed by atoms with Crippen LogP contribution < -0.4 is 11.1 Å². The van der Waals surface area contributed by atoms with E-state index in [1.54, 1.807) is 18.2 Å². The molecule has 0 saturated heterocycles. The summed E-state index contributed by atoms with van der Waals surface area (Å²) in [6, 6.07) is 5.57. The second-order valence-electron chi connectivity index (χ2n) is 5.81. The number of carbonyl (C=O) groups excluding carboxylic acids is 1. The first kappa shape index (κ1) is 13.4. The van der Waals surface area contributed by atoms with E-state index in [4.69, 9.17) is 5.73 Å². The molecule has 1 saturated carbocycles. The van der Waals surface area contributed by atoms with Crippen molar-refractivity contribution in [3.05, 3.63) is 28.2 Å². The third-order valence-electron chi connectivity index (χ3n) is 3.57. The molecule has 18 heavy (non-hydrogen) atoms. The van der Waals surface area contributed by atoms with Crippen molar-refractivity contribution >= 4 is 27.5 Å². The van der Waals surface area contributed by atoms with Gasteiger partial charge < -0.3 is 11.1 Å². The van der Waals surface area contributed by atoms with Crippen molar-refractivity contribution in [2.24, 2.45) is 5.41 Å². The molecule has 1 aromatic rings. The summed E-state index contributed by atoms with van der Waals surface area (Å²) in [6.07, 6.45) is 3.28. The molecule has 0 spiro atoms. The largest absolute Gasteiger partial charge is 0.398 e. The molecule has 1 aliphatic carbocycles. The summed E-state index contributed by atoms with van der Waals surface area (Å²) in [7, 11) is 0. The first-order valence-electron chi connectivity index (χ1n) is 6.23. The highest BCUT2D eigenvalue weighted by Gasteiger charge is 2.31. The molecular formula is C14H19BrN2O. The van der Waals surface area contributed by atoms with Crippen LogP contribution in [0.2, 0.25) is 0 Å². The van der Waals surface area contributed by atoms with Gasteiger partial charge in [-0.3, -0.25) is 4.79 Å². The van der Waals surface area contributed by atoms with E-state index in [-0.39, 0.29) is 5.91 Å². The normalized spacial score (nSPS) is 21.8. The molecule has 1 unspecified atom stereocenters. The molecule has 1 amide bonds. The summed E-state index contributed by atoms with van der Waals surface area (Å²) < 4.78 is 0.766. The molecule has 0 aromatic heterocycles. The Morgan fingerprint density at radius 1 is 1.50 bits per heavy atom. The number of hydrogen-bond acceptors (Lipinski definition) is 2. The Balaban J connectivity index is 2.02. The topological polar surface area (TPSA) is 55.1 Å². The van der Waals surface area contributed by atoms with Crippen molar-refractivity contribution in [2.45, 2.75) is 39.2 Å².